The average Bonchev–Trinajstić information content (AvgIpc) is 2.93. The lowest BCUT2D eigenvalue weighted by Gasteiger charge is -2.13. The first-order valence-corrected chi connectivity index (χ1v) is 9.10. The first-order valence-electron chi connectivity index (χ1n) is 8.34. The number of para-hydroxylation sites is 1. The Hall–Kier alpha value is -2.30. The molecule has 0 bridgehead atoms. The van der Waals surface area contributed by atoms with Crippen molar-refractivity contribution in [2.75, 3.05) is 0 Å². The van der Waals surface area contributed by atoms with Gasteiger partial charge in [-0.1, -0.05) is 41.4 Å². The molecule has 0 aliphatic carbocycles. The molecule has 1 aliphatic heterocycles. The van der Waals surface area contributed by atoms with Crippen molar-refractivity contribution in [2.45, 2.75) is 25.9 Å². The van der Waals surface area contributed by atoms with Crippen LogP contribution in [0.5, 0.6) is 0 Å². The van der Waals surface area contributed by atoms with Crippen LogP contribution in [0, 0.1) is 0 Å². The molecule has 132 valence electrons. The molecule has 1 aliphatic rings. The van der Waals surface area contributed by atoms with E-state index in [1.807, 2.05) is 16.7 Å². The van der Waals surface area contributed by atoms with Crippen molar-refractivity contribution in [3.05, 3.63) is 79.6 Å². The third-order valence-electron chi connectivity index (χ3n) is 4.82. The van der Waals surface area contributed by atoms with E-state index in [1.165, 1.54) is 0 Å². The molecule has 4 nitrogen and oxygen atoms in total. The number of aromatic nitrogens is 1. The van der Waals surface area contributed by atoms with Crippen molar-refractivity contribution in [3.63, 3.8) is 0 Å². The third kappa shape index (κ3) is 2.79. The summed E-state index contributed by atoms with van der Waals surface area (Å²) in [6, 6.07) is 11.0. The number of hydrogen-bond donors (Lipinski definition) is 1. The second-order valence-electron chi connectivity index (χ2n) is 6.56. The van der Waals surface area contributed by atoms with Crippen LogP contribution in [0.1, 0.15) is 34.5 Å². The summed E-state index contributed by atoms with van der Waals surface area (Å²) < 4.78 is 2.02. The molecule has 0 unspecified atom stereocenters. The summed E-state index contributed by atoms with van der Waals surface area (Å²) in [5, 5.41) is 4.38. The van der Waals surface area contributed by atoms with Crippen LogP contribution in [0.2, 0.25) is 10.0 Å². The lowest BCUT2D eigenvalue weighted by atomic mass is 10.1. The second kappa shape index (κ2) is 6.45. The number of pyridine rings is 1. The molecule has 1 aromatic heterocycles. The summed E-state index contributed by atoms with van der Waals surface area (Å²) in [6.45, 7) is 2.31. The van der Waals surface area contributed by atoms with Crippen molar-refractivity contribution >= 4 is 40.0 Å². The number of rotatable bonds is 3. The summed E-state index contributed by atoms with van der Waals surface area (Å²) in [5.41, 5.74) is 2.72. The van der Waals surface area contributed by atoms with Crippen molar-refractivity contribution in [1.82, 2.24) is 9.88 Å². The van der Waals surface area contributed by atoms with E-state index in [0.717, 1.165) is 23.1 Å². The van der Waals surface area contributed by atoms with Gasteiger partial charge in [0.25, 0.3) is 5.91 Å². The zero-order valence-corrected chi connectivity index (χ0v) is 15.6. The van der Waals surface area contributed by atoms with Crippen LogP contribution in [0.25, 0.3) is 10.9 Å². The van der Waals surface area contributed by atoms with Gasteiger partial charge in [0.2, 0.25) is 5.43 Å². The summed E-state index contributed by atoms with van der Waals surface area (Å²) in [7, 11) is 0. The van der Waals surface area contributed by atoms with E-state index >= 15 is 0 Å². The number of halogens is 2. The Morgan fingerprint density at radius 2 is 2.08 bits per heavy atom. The molecule has 2 aromatic carbocycles. The zero-order valence-electron chi connectivity index (χ0n) is 14.1. The predicted molar refractivity (Wildman–Crippen MR) is 104 cm³/mol. The monoisotopic (exact) mass is 386 g/mol. The van der Waals surface area contributed by atoms with Gasteiger partial charge in [-0.05, 0) is 42.7 Å². The minimum absolute atomic E-state index is 0.147. The Labute approximate surface area is 160 Å². The maximum atomic E-state index is 12.8. The Morgan fingerprint density at radius 3 is 2.85 bits per heavy atom. The van der Waals surface area contributed by atoms with Gasteiger partial charge in [-0.15, -0.1) is 0 Å². The van der Waals surface area contributed by atoms with Gasteiger partial charge in [-0.3, -0.25) is 9.59 Å². The van der Waals surface area contributed by atoms with E-state index < -0.39 is 5.91 Å². The molecule has 6 heteroatoms. The number of carbonyl (C=O) groups excluding carboxylic acids is 1. The fourth-order valence-electron chi connectivity index (χ4n) is 3.51. The fourth-order valence-corrected chi connectivity index (χ4v) is 3.99. The lowest BCUT2D eigenvalue weighted by molar-refractivity contribution is 0.0949. The fraction of sp³-hybridized carbons (Fsp3) is 0.200. The van der Waals surface area contributed by atoms with E-state index in [-0.39, 0.29) is 23.6 Å². The first-order chi connectivity index (χ1) is 12.5. The van der Waals surface area contributed by atoms with Gasteiger partial charge in [-0.25, -0.2) is 0 Å². The molecule has 2 heterocycles. The number of hydrogen-bond acceptors (Lipinski definition) is 2. The summed E-state index contributed by atoms with van der Waals surface area (Å²) in [6.07, 6.45) is 2.53. The van der Waals surface area contributed by atoms with Gasteiger partial charge in [0.1, 0.15) is 5.56 Å². The molecule has 0 saturated heterocycles. The standard InChI is InChI=1S/C20H16Cl2N2O2/c1-11-7-12-3-2-4-15-18(12)24(11)10-16(19(15)25)20(26)23-9-13-5-6-14(21)8-17(13)22/h2-6,8,10-11H,7,9H2,1H3,(H,23,26)/t11-/m0/s1. The second-order valence-corrected chi connectivity index (χ2v) is 7.41. The van der Waals surface area contributed by atoms with E-state index in [4.69, 9.17) is 23.2 Å². The van der Waals surface area contributed by atoms with Crippen LogP contribution >= 0.6 is 23.2 Å². The Bertz CT molecular complexity index is 1100. The van der Waals surface area contributed by atoms with Crippen LogP contribution in [-0.4, -0.2) is 10.5 Å². The Balaban J connectivity index is 1.68. The molecule has 0 spiro atoms. The molecule has 1 amide bonds. The number of amides is 1. The van der Waals surface area contributed by atoms with E-state index in [1.54, 1.807) is 30.5 Å². The third-order valence-corrected chi connectivity index (χ3v) is 5.41. The molecule has 0 saturated carbocycles. The minimum Gasteiger partial charge on any atom is -0.348 e. The minimum atomic E-state index is -0.406. The first kappa shape index (κ1) is 17.1. The molecule has 1 N–H and O–H groups in total. The van der Waals surface area contributed by atoms with Crippen LogP contribution in [-0.2, 0) is 13.0 Å². The normalized spacial score (nSPS) is 15.4. The molecule has 3 aromatic rings. The number of nitrogens with zero attached hydrogens (tertiary/aromatic N) is 1. The highest BCUT2D eigenvalue weighted by atomic mass is 35.5. The van der Waals surface area contributed by atoms with Gasteiger partial charge in [0.15, 0.2) is 0 Å². The summed E-state index contributed by atoms with van der Waals surface area (Å²) in [4.78, 5) is 25.5. The van der Waals surface area contributed by atoms with Crippen molar-refractivity contribution < 1.29 is 4.79 Å². The Kier molecular flexibility index (Phi) is 4.25. The zero-order chi connectivity index (χ0) is 18.4. The van der Waals surface area contributed by atoms with Crippen LogP contribution in [0.15, 0.2) is 47.4 Å². The molecule has 1 atom stereocenters. The van der Waals surface area contributed by atoms with Crippen LogP contribution < -0.4 is 10.7 Å². The molecule has 4 rings (SSSR count). The summed E-state index contributed by atoms with van der Waals surface area (Å²) >= 11 is 12.0. The molecule has 0 radical (unpaired) electrons. The topological polar surface area (TPSA) is 51.1 Å². The van der Waals surface area contributed by atoms with Crippen molar-refractivity contribution in [1.29, 1.82) is 0 Å². The van der Waals surface area contributed by atoms with Gasteiger partial charge in [-0.2, -0.15) is 0 Å². The largest absolute Gasteiger partial charge is 0.348 e. The SMILES string of the molecule is C[C@H]1Cc2cccc3c(=O)c(C(=O)NCc4ccc(Cl)cc4Cl)cn1c23. The molecule has 0 fully saturated rings. The molecular weight excluding hydrogens is 371 g/mol. The smallest absolute Gasteiger partial charge is 0.257 e. The number of carbonyl (C=O) groups is 1. The molecule has 26 heavy (non-hydrogen) atoms. The van der Waals surface area contributed by atoms with E-state index in [0.29, 0.717) is 15.4 Å². The van der Waals surface area contributed by atoms with Crippen LogP contribution in [0.3, 0.4) is 0 Å². The average molecular weight is 387 g/mol. The van der Waals surface area contributed by atoms with Gasteiger partial charge < -0.3 is 9.88 Å². The maximum Gasteiger partial charge on any atom is 0.257 e. The maximum absolute atomic E-state index is 12.8. The van der Waals surface area contributed by atoms with Crippen molar-refractivity contribution in [2.24, 2.45) is 0 Å². The van der Waals surface area contributed by atoms with E-state index in [2.05, 4.69) is 12.2 Å². The Morgan fingerprint density at radius 1 is 1.27 bits per heavy atom. The highest BCUT2D eigenvalue weighted by molar-refractivity contribution is 6.35. The number of benzene rings is 2. The predicted octanol–water partition coefficient (Wildman–Crippen LogP) is 4.36. The number of nitrogens with one attached hydrogen (secondary N) is 1. The quantitative estimate of drug-likeness (QED) is 0.726. The van der Waals surface area contributed by atoms with Crippen molar-refractivity contribution in [3.8, 4) is 0 Å². The highest BCUT2D eigenvalue weighted by Crippen LogP contribution is 2.30. The van der Waals surface area contributed by atoms with Gasteiger partial charge >= 0.3 is 0 Å². The van der Waals surface area contributed by atoms with Gasteiger partial charge in [0, 0.05) is 34.2 Å². The van der Waals surface area contributed by atoms with Crippen LogP contribution in [0.4, 0.5) is 0 Å². The molecular formula is C20H16Cl2N2O2. The summed E-state index contributed by atoms with van der Waals surface area (Å²) in [5.74, 6) is -0.406. The van der Waals surface area contributed by atoms with Gasteiger partial charge in [0.05, 0.1) is 5.52 Å². The lowest BCUT2D eigenvalue weighted by Crippen LogP contribution is -2.29. The van der Waals surface area contributed by atoms with E-state index in [9.17, 15) is 9.59 Å². The highest BCUT2D eigenvalue weighted by Gasteiger charge is 2.24.